The number of nitrogens with two attached hydrogens (primary N) is 1. The number of hydrogen-bond acceptors (Lipinski definition) is 4. The molecule has 0 unspecified atom stereocenters. The van der Waals surface area contributed by atoms with E-state index >= 15 is 0 Å². The number of aryl methyl sites for hydroxylation is 1. The van der Waals surface area contributed by atoms with Crippen molar-refractivity contribution < 1.29 is 9.53 Å². The van der Waals surface area contributed by atoms with Gasteiger partial charge in [-0.25, -0.2) is 4.79 Å². The second-order valence-electron chi connectivity index (χ2n) is 5.21. The Morgan fingerprint density at radius 1 is 1.25 bits per heavy atom. The number of nitrogens with one attached hydrogen (secondary N) is 1. The van der Waals surface area contributed by atoms with Crippen LogP contribution in [-0.2, 0) is 4.74 Å². The SMILES string of the molecule is CCC(CC)(CC)Nc1cc(C)c(N)c(C(=O)OC)c1. The molecule has 0 saturated heterocycles. The largest absolute Gasteiger partial charge is 0.465 e. The van der Waals surface area contributed by atoms with Gasteiger partial charge in [0.25, 0.3) is 0 Å². The van der Waals surface area contributed by atoms with E-state index in [-0.39, 0.29) is 5.54 Å². The number of anilines is 2. The monoisotopic (exact) mass is 278 g/mol. The van der Waals surface area contributed by atoms with Crippen LogP contribution in [0.3, 0.4) is 0 Å². The van der Waals surface area contributed by atoms with Crippen molar-refractivity contribution in [1.82, 2.24) is 0 Å². The molecule has 1 rings (SSSR count). The average molecular weight is 278 g/mol. The third kappa shape index (κ3) is 3.24. The summed E-state index contributed by atoms with van der Waals surface area (Å²) in [5.41, 5.74) is 8.72. The maximum atomic E-state index is 11.8. The third-order valence-corrected chi connectivity index (χ3v) is 4.23. The Kier molecular flexibility index (Phi) is 5.43. The van der Waals surface area contributed by atoms with Gasteiger partial charge in [-0.15, -0.1) is 0 Å². The first-order chi connectivity index (χ1) is 9.42. The van der Waals surface area contributed by atoms with Crippen molar-refractivity contribution in [2.75, 3.05) is 18.2 Å². The van der Waals surface area contributed by atoms with Crippen molar-refractivity contribution in [3.05, 3.63) is 23.3 Å². The van der Waals surface area contributed by atoms with E-state index in [4.69, 9.17) is 10.5 Å². The van der Waals surface area contributed by atoms with Crippen LogP contribution in [0.1, 0.15) is 56.0 Å². The number of carbonyl (C=O) groups is 1. The van der Waals surface area contributed by atoms with Gasteiger partial charge in [0.05, 0.1) is 12.7 Å². The van der Waals surface area contributed by atoms with E-state index in [0.717, 1.165) is 30.5 Å². The molecule has 0 saturated carbocycles. The fourth-order valence-electron chi connectivity index (χ4n) is 2.47. The van der Waals surface area contributed by atoms with Crippen molar-refractivity contribution in [2.24, 2.45) is 0 Å². The predicted molar refractivity (Wildman–Crippen MR) is 84.2 cm³/mol. The second-order valence-corrected chi connectivity index (χ2v) is 5.21. The molecule has 112 valence electrons. The molecule has 1 aromatic carbocycles. The molecule has 1 aromatic rings. The zero-order valence-corrected chi connectivity index (χ0v) is 13.2. The van der Waals surface area contributed by atoms with Crippen LogP contribution in [0.25, 0.3) is 0 Å². The Hall–Kier alpha value is -1.71. The minimum atomic E-state index is -0.399. The molecule has 20 heavy (non-hydrogen) atoms. The van der Waals surface area contributed by atoms with E-state index in [1.165, 1.54) is 7.11 Å². The molecule has 0 fully saturated rings. The molecule has 0 aliphatic carbocycles. The van der Waals surface area contributed by atoms with E-state index in [1.807, 2.05) is 13.0 Å². The van der Waals surface area contributed by atoms with E-state index in [1.54, 1.807) is 6.07 Å². The molecule has 4 heteroatoms. The first-order valence-electron chi connectivity index (χ1n) is 7.19. The number of benzene rings is 1. The molecule has 4 nitrogen and oxygen atoms in total. The second kappa shape index (κ2) is 6.64. The van der Waals surface area contributed by atoms with E-state index in [0.29, 0.717) is 11.3 Å². The molecule has 0 spiro atoms. The molecule has 0 bridgehead atoms. The Bertz CT molecular complexity index is 471. The molecular weight excluding hydrogens is 252 g/mol. The quantitative estimate of drug-likeness (QED) is 0.614. The summed E-state index contributed by atoms with van der Waals surface area (Å²) in [6.07, 6.45) is 3.07. The molecular formula is C16H26N2O2. The standard InChI is InChI=1S/C16H26N2O2/c1-6-16(7-2,8-3)18-12-9-11(4)14(17)13(10-12)15(19)20-5/h9-10,18H,6-8,17H2,1-5H3. The van der Waals surface area contributed by atoms with Gasteiger partial charge in [0.2, 0.25) is 0 Å². The average Bonchev–Trinajstić information content (AvgIpc) is 2.47. The minimum Gasteiger partial charge on any atom is -0.465 e. The van der Waals surface area contributed by atoms with Crippen LogP contribution in [-0.4, -0.2) is 18.6 Å². The first kappa shape index (κ1) is 16.3. The first-order valence-corrected chi connectivity index (χ1v) is 7.19. The molecule has 0 aliphatic rings. The van der Waals surface area contributed by atoms with Crippen LogP contribution in [0.4, 0.5) is 11.4 Å². The summed E-state index contributed by atoms with van der Waals surface area (Å²) in [5.74, 6) is -0.399. The van der Waals surface area contributed by atoms with Gasteiger partial charge in [-0.1, -0.05) is 20.8 Å². The number of hydrogen-bond donors (Lipinski definition) is 2. The zero-order chi connectivity index (χ0) is 15.3. The fraction of sp³-hybridized carbons (Fsp3) is 0.562. The van der Waals surface area contributed by atoms with Crippen molar-refractivity contribution in [3.8, 4) is 0 Å². The third-order valence-electron chi connectivity index (χ3n) is 4.23. The maximum Gasteiger partial charge on any atom is 0.340 e. The topological polar surface area (TPSA) is 64.3 Å². The number of rotatable bonds is 6. The Morgan fingerprint density at radius 2 is 1.80 bits per heavy atom. The fourth-order valence-corrected chi connectivity index (χ4v) is 2.47. The van der Waals surface area contributed by atoms with Gasteiger partial charge in [0, 0.05) is 16.9 Å². The lowest BCUT2D eigenvalue weighted by atomic mass is 9.89. The van der Waals surface area contributed by atoms with Crippen molar-refractivity contribution in [1.29, 1.82) is 0 Å². The summed E-state index contributed by atoms with van der Waals surface area (Å²) in [7, 11) is 1.37. The van der Waals surface area contributed by atoms with Gasteiger partial charge < -0.3 is 15.8 Å². The summed E-state index contributed by atoms with van der Waals surface area (Å²) in [6.45, 7) is 8.42. The van der Waals surface area contributed by atoms with E-state index < -0.39 is 5.97 Å². The lowest BCUT2D eigenvalue weighted by Gasteiger charge is -2.33. The summed E-state index contributed by atoms with van der Waals surface area (Å²) in [4.78, 5) is 11.8. The molecule has 0 aromatic heterocycles. The van der Waals surface area contributed by atoms with Crippen LogP contribution in [0.2, 0.25) is 0 Å². The Balaban J connectivity index is 3.20. The number of esters is 1. The van der Waals surface area contributed by atoms with Crippen LogP contribution >= 0.6 is 0 Å². The minimum absolute atomic E-state index is 0.0515. The smallest absolute Gasteiger partial charge is 0.340 e. The summed E-state index contributed by atoms with van der Waals surface area (Å²) in [5, 5.41) is 3.57. The van der Waals surface area contributed by atoms with Gasteiger partial charge in [-0.3, -0.25) is 0 Å². The highest BCUT2D eigenvalue weighted by molar-refractivity contribution is 5.97. The Morgan fingerprint density at radius 3 is 2.25 bits per heavy atom. The van der Waals surface area contributed by atoms with Crippen LogP contribution in [0.5, 0.6) is 0 Å². The predicted octanol–water partition coefficient (Wildman–Crippen LogP) is 3.74. The van der Waals surface area contributed by atoms with Crippen LogP contribution in [0, 0.1) is 6.92 Å². The highest BCUT2D eigenvalue weighted by Gasteiger charge is 2.24. The zero-order valence-electron chi connectivity index (χ0n) is 13.2. The van der Waals surface area contributed by atoms with Crippen molar-refractivity contribution >= 4 is 17.3 Å². The van der Waals surface area contributed by atoms with Crippen LogP contribution < -0.4 is 11.1 Å². The lowest BCUT2D eigenvalue weighted by molar-refractivity contribution is 0.0602. The highest BCUT2D eigenvalue weighted by atomic mass is 16.5. The Labute approximate surface area is 121 Å². The van der Waals surface area contributed by atoms with E-state index in [2.05, 4.69) is 26.1 Å². The molecule has 3 N–H and O–H groups in total. The summed E-state index contributed by atoms with van der Waals surface area (Å²) >= 11 is 0. The summed E-state index contributed by atoms with van der Waals surface area (Å²) < 4.78 is 4.79. The van der Waals surface area contributed by atoms with Gasteiger partial charge in [0.1, 0.15) is 0 Å². The van der Waals surface area contributed by atoms with Gasteiger partial charge >= 0.3 is 5.97 Å². The lowest BCUT2D eigenvalue weighted by Crippen LogP contribution is -2.36. The normalized spacial score (nSPS) is 11.2. The van der Waals surface area contributed by atoms with Gasteiger partial charge in [0.15, 0.2) is 0 Å². The number of carbonyl (C=O) groups excluding carboxylic acids is 1. The van der Waals surface area contributed by atoms with Crippen molar-refractivity contribution in [3.63, 3.8) is 0 Å². The number of methoxy groups -OCH3 is 1. The number of ether oxygens (including phenoxy) is 1. The molecule has 0 atom stereocenters. The molecule has 0 heterocycles. The maximum absolute atomic E-state index is 11.8. The summed E-state index contributed by atoms with van der Waals surface area (Å²) in [6, 6.07) is 3.77. The number of nitrogen functional groups attached to an aromatic ring is 1. The van der Waals surface area contributed by atoms with Gasteiger partial charge in [-0.2, -0.15) is 0 Å². The van der Waals surface area contributed by atoms with Crippen LogP contribution in [0.15, 0.2) is 12.1 Å². The highest BCUT2D eigenvalue weighted by Crippen LogP contribution is 2.29. The van der Waals surface area contributed by atoms with Crippen molar-refractivity contribution in [2.45, 2.75) is 52.5 Å². The van der Waals surface area contributed by atoms with Gasteiger partial charge in [-0.05, 0) is 43.9 Å². The molecule has 0 amide bonds. The molecule has 0 aliphatic heterocycles. The molecule has 0 radical (unpaired) electrons. The van der Waals surface area contributed by atoms with E-state index in [9.17, 15) is 4.79 Å².